The molecule has 1 aromatic carbocycles. The Bertz CT molecular complexity index is 768. The average molecular weight is 267 g/mol. The lowest BCUT2D eigenvalue weighted by atomic mass is 10.1. The number of anilines is 2. The molecule has 5 nitrogen and oxygen atoms in total. The fraction of sp³-hybridized carbons (Fsp3) is 0.267. The van der Waals surface area contributed by atoms with Gasteiger partial charge in [0.05, 0.1) is 11.1 Å². The van der Waals surface area contributed by atoms with Crippen molar-refractivity contribution in [2.45, 2.75) is 20.8 Å². The smallest absolute Gasteiger partial charge is 0.163 e. The summed E-state index contributed by atoms with van der Waals surface area (Å²) in [5, 5.41) is 8.75. The van der Waals surface area contributed by atoms with E-state index < -0.39 is 0 Å². The summed E-state index contributed by atoms with van der Waals surface area (Å²) in [5.41, 5.74) is 5.24. The Morgan fingerprint density at radius 3 is 2.40 bits per heavy atom. The highest BCUT2D eigenvalue weighted by Gasteiger charge is 2.12. The molecule has 2 aromatic heterocycles. The molecule has 0 fully saturated rings. The highest BCUT2D eigenvalue weighted by molar-refractivity contribution is 5.90. The van der Waals surface area contributed by atoms with Crippen LogP contribution in [-0.4, -0.2) is 19.7 Å². The van der Waals surface area contributed by atoms with Crippen LogP contribution in [0.2, 0.25) is 0 Å². The molecule has 0 aliphatic carbocycles. The first-order valence-corrected chi connectivity index (χ1v) is 6.54. The molecule has 1 N–H and O–H groups in total. The first-order valence-electron chi connectivity index (χ1n) is 6.54. The average Bonchev–Trinajstić information content (AvgIpc) is 2.65. The van der Waals surface area contributed by atoms with Crippen LogP contribution in [0.3, 0.4) is 0 Å². The standard InChI is InChI=1S/C15H17N5/c1-9-5-10(2)7-12(6-9)18-14-13-11(3)19-20(4)15(13)17-8-16-14/h5-8H,1-4H3,(H,16,17,18). The zero-order valence-corrected chi connectivity index (χ0v) is 12.1. The summed E-state index contributed by atoms with van der Waals surface area (Å²) in [4.78, 5) is 8.65. The van der Waals surface area contributed by atoms with E-state index >= 15 is 0 Å². The normalized spacial score (nSPS) is 11.0. The van der Waals surface area contributed by atoms with Crippen molar-refractivity contribution in [3.05, 3.63) is 41.3 Å². The molecule has 0 aliphatic heterocycles. The molecular formula is C15H17N5. The van der Waals surface area contributed by atoms with E-state index in [1.54, 1.807) is 11.0 Å². The summed E-state index contributed by atoms with van der Waals surface area (Å²) in [6.07, 6.45) is 1.56. The maximum absolute atomic E-state index is 4.40. The van der Waals surface area contributed by atoms with Crippen molar-refractivity contribution in [2.75, 3.05) is 5.32 Å². The number of aryl methyl sites for hydroxylation is 4. The highest BCUT2D eigenvalue weighted by atomic mass is 15.3. The van der Waals surface area contributed by atoms with Crippen LogP contribution in [0.5, 0.6) is 0 Å². The van der Waals surface area contributed by atoms with Gasteiger partial charge in [0.1, 0.15) is 12.1 Å². The van der Waals surface area contributed by atoms with E-state index in [0.29, 0.717) is 0 Å². The molecule has 20 heavy (non-hydrogen) atoms. The second-order valence-electron chi connectivity index (χ2n) is 5.13. The van der Waals surface area contributed by atoms with Gasteiger partial charge in [0.2, 0.25) is 0 Å². The molecule has 0 radical (unpaired) electrons. The Labute approximate surface area is 117 Å². The minimum absolute atomic E-state index is 0.797. The van der Waals surface area contributed by atoms with Crippen LogP contribution in [0.15, 0.2) is 24.5 Å². The summed E-state index contributed by atoms with van der Waals surface area (Å²) in [7, 11) is 1.89. The van der Waals surface area contributed by atoms with Gasteiger partial charge < -0.3 is 5.32 Å². The minimum Gasteiger partial charge on any atom is -0.339 e. The van der Waals surface area contributed by atoms with Gasteiger partial charge in [-0.1, -0.05) is 6.07 Å². The second-order valence-corrected chi connectivity index (χ2v) is 5.13. The molecule has 0 spiro atoms. The van der Waals surface area contributed by atoms with E-state index in [1.807, 2.05) is 14.0 Å². The zero-order chi connectivity index (χ0) is 14.3. The first kappa shape index (κ1) is 12.6. The van der Waals surface area contributed by atoms with Crippen LogP contribution in [0.25, 0.3) is 11.0 Å². The molecule has 0 saturated carbocycles. The molecule has 0 bridgehead atoms. The number of fused-ring (bicyclic) bond motifs is 1. The molecule has 3 aromatic rings. The molecule has 102 valence electrons. The van der Waals surface area contributed by atoms with Crippen molar-refractivity contribution >= 4 is 22.5 Å². The summed E-state index contributed by atoms with van der Waals surface area (Å²) >= 11 is 0. The summed E-state index contributed by atoms with van der Waals surface area (Å²) < 4.78 is 1.78. The van der Waals surface area contributed by atoms with Crippen LogP contribution >= 0.6 is 0 Å². The van der Waals surface area contributed by atoms with Gasteiger partial charge >= 0.3 is 0 Å². The van der Waals surface area contributed by atoms with Crippen LogP contribution in [-0.2, 0) is 7.05 Å². The van der Waals surface area contributed by atoms with Crippen LogP contribution in [0.4, 0.5) is 11.5 Å². The van der Waals surface area contributed by atoms with Crippen molar-refractivity contribution in [3.8, 4) is 0 Å². The maximum Gasteiger partial charge on any atom is 0.163 e. The van der Waals surface area contributed by atoms with Crippen molar-refractivity contribution in [3.63, 3.8) is 0 Å². The predicted octanol–water partition coefficient (Wildman–Crippen LogP) is 3.03. The molecule has 2 heterocycles. The lowest BCUT2D eigenvalue weighted by Crippen LogP contribution is -1.98. The first-order chi connectivity index (χ1) is 9.54. The zero-order valence-electron chi connectivity index (χ0n) is 12.1. The number of benzene rings is 1. The summed E-state index contributed by atoms with van der Waals surface area (Å²) in [5.74, 6) is 0.797. The van der Waals surface area contributed by atoms with Crippen molar-refractivity contribution < 1.29 is 0 Å². The minimum atomic E-state index is 0.797. The third kappa shape index (κ3) is 2.11. The van der Waals surface area contributed by atoms with Gasteiger partial charge in [-0.2, -0.15) is 5.10 Å². The van der Waals surface area contributed by atoms with Crippen molar-refractivity contribution in [1.82, 2.24) is 19.7 Å². The van der Waals surface area contributed by atoms with Gasteiger partial charge in [-0.25, -0.2) is 9.97 Å². The highest BCUT2D eigenvalue weighted by Crippen LogP contribution is 2.26. The Morgan fingerprint density at radius 1 is 1.00 bits per heavy atom. The van der Waals surface area contributed by atoms with E-state index in [1.165, 1.54) is 11.1 Å². The number of hydrogen-bond acceptors (Lipinski definition) is 4. The van der Waals surface area contributed by atoms with E-state index in [0.717, 1.165) is 28.2 Å². The van der Waals surface area contributed by atoms with Gasteiger partial charge in [-0.3, -0.25) is 4.68 Å². The monoisotopic (exact) mass is 267 g/mol. The number of nitrogens with one attached hydrogen (secondary N) is 1. The van der Waals surface area contributed by atoms with Gasteiger partial charge in [0.15, 0.2) is 5.65 Å². The SMILES string of the molecule is Cc1cc(C)cc(Nc2ncnc3c2c(C)nn3C)c1. The van der Waals surface area contributed by atoms with E-state index in [9.17, 15) is 0 Å². The van der Waals surface area contributed by atoms with Gasteiger partial charge in [0, 0.05) is 12.7 Å². The second kappa shape index (κ2) is 4.59. The number of nitrogens with zero attached hydrogens (tertiary/aromatic N) is 4. The van der Waals surface area contributed by atoms with Crippen LogP contribution in [0, 0.1) is 20.8 Å². The fourth-order valence-electron chi connectivity index (χ4n) is 2.56. The van der Waals surface area contributed by atoms with Gasteiger partial charge in [0.25, 0.3) is 0 Å². The Morgan fingerprint density at radius 2 is 1.70 bits per heavy atom. The topological polar surface area (TPSA) is 55.6 Å². The molecule has 3 rings (SSSR count). The Kier molecular flexibility index (Phi) is 2.89. The molecule has 0 atom stereocenters. The third-order valence-electron chi connectivity index (χ3n) is 3.28. The largest absolute Gasteiger partial charge is 0.339 e. The fourth-order valence-corrected chi connectivity index (χ4v) is 2.56. The Hall–Kier alpha value is -2.43. The van der Waals surface area contributed by atoms with E-state index in [-0.39, 0.29) is 0 Å². The van der Waals surface area contributed by atoms with Gasteiger partial charge in [-0.05, 0) is 44.0 Å². The van der Waals surface area contributed by atoms with Crippen molar-refractivity contribution in [1.29, 1.82) is 0 Å². The van der Waals surface area contributed by atoms with Crippen molar-refractivity contribution in [2.24, 2.45) is 7.05 Å². The quantitative estimate of drug-likeness (QED) is 0.775. The number of hydrogen-bond donors (Lipinski definition) is 1. The summed E-state index contributed by atoms with van der Waals surface area (Å²) in [6, 6.07) is 6.36. The lowest BCUT2D eigenvalue weighted by Gasteiger charge is -2.09. The molecule has 5 heteroatoms. The van der Waals surface area contributed by atoms with E-state index in [4.69, 9.17) is 0 Å². The van der Waals surface area contributed by atoms with E-state index in [2.05, 4.69) is 52.4 Å². The molecular weight excluding hydrogens is 250 g/mol. The van der Waals surface area contributed by atoms with Crippen LogP contribution < -0.4 is 5.32 Å². The maximum atomic E-state index is 4.40. The third-order valence-corrected chi connectivity index (χ3v) is 3.28. The number of rotatable bonds is 2. The molecule has 0 saturated heterocycles. The predicted molar refractivity (Wildman–Crippen MR) is 80.2 cm³/mol. The lowest BCUT2D eigenvalue weighted by molar-refractivity contribution is 0.773. The summed E-state index contributed by atoms with van der Waals surface area (Å²) in [6.45, 7) is 6.14. The van der Waals surface area contributed by atoms with Crippen LogP contribution in [0.1, 0.15) is 16.8 Å². The molecule has 0 unspecified atom stereocenters. The molecule has 0 aliphatic rings. The van der Waals surface area contributed by atoms with Gasteiger partial charge in [-0.15, -0.1) is 0 Å². The Balaban J connectivity index is 2.11. The molecule has 0 amide bonds. The number of aromatic nitrogens is 4.